The van der Waals surface area contributed by atoms with E-state index in [1.54, 1.807) is 36.4 Å². The van der Waals surface area contributed by atoms with Crippen LogP contribution in [0.4, 0.5) is 11.4 Å². The SMILES string of the molecule is O=C(O)c1cccc(NC(=O)c2ccc(N3C(=O)[C@H]4[C@H](C3=O)[C@H]3C=C[C@H]4C3)cc2)c1. The van der Waals surface area contributed by atoms with Crippen molar-refractivity contribution in [2.45, 2.75) is 6.42 Å². The van der Waals surface area contributed by atoms with Crippen LogP contribution in [0.3, 0.4) is 0 Å². The van der Waals surface area contributed by atoms with Gasteiger partial charge in [-0.05, 0) is 60.7 Å². The van der Waals surface area contributed by atoms with E-state index in [0.717, 1.165) is 6.42 Å². The topological polar surface area (TPSA) is 104 Å². The molecule has 30 heavy (non-hydrogen) atoms. The van der Waals surface area contributed by atoms with Crippen molar-refractivity contribution in [3.8, 4) is 0 Å². The molecule has 2 bridgehead atoms. The molecule has 150 valence electrons. The molecule has 7 heteroatoms. The molecule has 7 nitrogen and oxygen atoms in total. The van der Waals surface area contributed by atoms with Crippen LogP contribution < -0.4 is 10.2 Å². The second kappa shape index (κ2) is 6.66. The van der Waals surface area contributed by atoms with Crippen LogP contribution in [0.15, 0.2) is 60.7 Å². The van der Waals surface area contributed by atoms with E-state index in [2.05, 4.69) is 5.32 Å². The molecule has 5 rings (SSSR count). The van der Waals surface area contributed by atoms with Gasteiger partial charge in [0.25, 0.3) is 5.91 Å². The number of nitrogens with one attached hydrogen (secondary N) is 1. The summed E-state index contributed by atoms with van der Waals surface area (Å²) in [7, 11) is 0. The molecule has 3 amide bonds. The minimum atomic E-state index is -1.08. The van der Waals surface area contributed by atoms with Crippen molar-refractivity contribution in [1.82, 2.24) is 0 Å². The van der Waals surface area contributed by atoms with Gasteiger partial charge in [-0.15, -0.1) is 0 Å². The van der Waals surface area contributed by atoms with Crippen molar-refractivity contribution < 1.29 is 24.3 Å². The fourth-order valence-corrected chi connectivity index (χ4v) is 4.85. The summed E-state index contributed by atoms with van der Waals surface area (Å²) in [6, 6.07) is 12.2. The first-order valence-corrected chi connectivity index (χ1v) is 9.75. The van der Waals surface area contributed by atoms with Gasteiger partial charge in [-0.1, -0.05) is 18.2 Å². The molecule has 3 aliphatic rings. The third-order valence-corrected chi connectivity index (χ3v) is 6.23. The van der Waals surface area contributed by atoms with E-state index in [1.165, 1.54) is 17.0 Å². The number of nitrogens with zero attached hydrogens (tertiary/aromatic N) is 1. The van der Waals surface area contributed by atoms with E-state index in [1.807, 2.05) is 12.2 Å². The first kappa shape index (κ1) is 18.3. The molecule has 1 aliphatic heterocycles. The van der Waals surface area contributed by atoms with Crippen LogP contribution in [0.2, 0.25) is 0 Å². The van der Waals surface area contributed by atoms with Crippen molar-refractivity contribution in [3.63, 3.8) is 0 Å². The number of allylic oxidation sites excluding steroid dienone is 2. The molecule has 1 saturated carbocycles. The second-order valence-corrected chi connectivity index (χ2v) is 7.90. The van der Waals surface area contributed by atoms with Gasteiger partial charge in [0.15, 0.2) is 0 Å². The zero-order chi connectivity index (χ0) is 21.0. The molecule has 2 N–H and O–H groups in total. The van der Waals surface area contributed by atoms with Crippen LogP contribution in [0.5, 0.6) is 0 Å². The summed E-state index contributed by atoms with van der Waals surface area (Å²) in [6.07, 6.45) is 4.98. The maximum absolute atomic E-state index is 12.9. The van der Waals surface area contributed by atoms with Crippen molar-refractivity contribution >= 4 is 35.1 Å². The Labute approximate surface area is 172 Å². The molecule has 1 saturated heterocycles. The maximum atomic E-state index is 12.9. The van der Waals surface area contributed by atoms with Crippen molar-refractivity contribution in [2.24, 2.45) is 23.7 Å². The van der Waals surface area contributed by atoms with Gasteiger partial charge in [0.1, 0.15) is 0 Å². The van der Waals surface area contributed by atoms with E-state index in [-0.39, 0.29) is 41.0 Å². The lowest BCUT2D eigenvalue weighted by molar-refractivity contribution is -0.123. The average Bonchev–Trinajstić information content (AvgIpc) is 3.42. The molecule has 4 atom stereocenters. The summed E-state index contributed by atoms with van der Waals surface area (Å²) in [4.78, 5) is 50.6. The number of rotatable bonds is 4. The van der Waals surface area contributed by atoms with Gasteiger partial charge in [-0.2, -0.15) is 0 Å². The predicted molar refractivity (Wildman–Crippen MR) is 108 cm³/mol. The molecule has 2 aliphatic carbocycles. The van der Waals surface area contributed by atoms with Crippen LogP contribution in [0.1, 0.15) is 27.1 Å². The molecule has 2 fully saturated rings. The van der Waals surface area contributed by atoms with Gasteiger partial charge in [-0.3, -0.25) is 19.3 Å². The summed E-state index contributed by atoms with van der Waals surface area (Å²) >= 11 is 0. The average molecular weight is 402 g/mol. The fraction of sp³-hybridized carbons (Fsp3) is 0.217. The minimum Gasteiger partial charge on any atom is -0.478 e. The number of carboxylic acid groups (broad SMARTS) is 1. The van der Waals surface area contributed by atoms with Gasteiger partial charge in [0, 0.05) is 11.3 Å². The zero-order valence-electron chi connectivity index (χ0n) is 15.8. The van der Waals surface area contributed by atoms with Crippen molar-refractivity contribution in [1.29, 1.82) is 0 Å². The lowest BCUT2D eigenvalue weighted by atomic mass is 9.85. The fourth-order valence-electron chi connectivity index (χ4n) is 4.85. The number of aromatic carboxylic acids is 1. The van der Waals surface area contributed by atoms with Crippen LogP contribution in [-0.2, 0) is 9.59 Å². The van der Waals surface area contributed by atoms with Gasteiger partial charge in [-0.25, -0.2) is 4.79 Å². The number of carboxylic acids is 1. The largest absolute Gasteiger partial charge is 0.478 e. The van der Waals surface area contributed by atoms with Crippen molar-refractivity contribution in [2.75, 3.05) is 10.2 Å². The number of hydrogen-bond acceptors (Lipinski definition) is 4. The quantitative estimate of drug-likeness (QED) is 0.605. The molecule has 2 aromatic rings. The summed E-state index contributed by atoms with van der Waals surface area (Å²) in [5, 5.41) is 11.7. The third-order valence-electron chi connectivity index (χ3n) is 6.23. The Morgan fingerprint density at radius 1 is 0.900 bits per heavy atom. The van der Waals surface area contributed by atoms with Gasteiger partial charge in [0.05, 0.1) is 23.1 Å². The third kappa shape index (κ3) is 2.74. The molecule has 0 aromatic heterocycles. The number of carbonyl (C=O) groups excluding carboxylic acids is 3. The number of amides is 3. The highest BCUT2D eigenvalue weighted by molar-refractivity contribution is 6.23. The monoisotopic (exact) mass is 402 g/mol. The Balaban J connectivity index is 1.33. The van der Waals surface area contributed by atoms with Gasteiger partial charge >= 0.3 is 5.97 Å². The lowest BCUT2D eigenvalue weighted by Crippen LogP contribution is -2.32. The molecule has 2 aromatic carbocycles. The highest BCUT2D eigenvalue weighted by Crippen LogP contribution is 2.53. The Hall–Kier alpha value is -3.74. The predicted octanol–water partition coefficient (Wildman–Crippen LogP) is 2.95. The Morgan fingerprint density at radius 2 is 1.53 bits per heavy atom. The number of anilines is 2. The number of hydrogen-bond donors (Lipinski definition) is 2. The number of imide groups is 1. The normalized spacial score (nSPS) is 26.2. The molecule has 0 radical (unpaired) electrons. The van der Waals surface area contributed by atoms with E-state index in [4.69, 9.17) is 5.11 Å². The highest BCUT2D eigenvalue weighted by atomic mass is 16.4. The van der Waals surface area contributed by atoms with E-state index < -0.39 is 11.9 Å². The van der Waals surface area contributed by atoms with Gasteiger partial charge in [0.2, 0.25) is 11.8 Å². The highest BCUT2D eigenvalue weighted by Gasteiger charge is 2.59. The second-order valence-electron chi connectivity index (χ2n) is 7.90. The molecule has 0 spiro atoms. The Bertz CT molecular complexity index is 1090. The smallest absolute Gasteiger partial charge is 0.335 e. The van der Waals surface area contributed by atoms with Crippen LogP contribution in [-0.4, -0.2) is 28.8 Å². The van der Waals surface area contributed by atoms with Gasteiger partial charge < -0.3 is 10.4 Å². The van der Waals surface area contributed by atoms with E-state index in [9.17, 15) is 19.2 Å². The molecule has 0 unspecified atom stereocenters. The van der Waals surface area contributed by atoms with Crippen LogP contribution in [0.25, 0.3) is 0 Å². The first-order valence-electron chi connectivity index (χ1n) is 9.75. The van der Waals surface area contributed by atoms with Crippen molar-refractivity contribution in [3.05, 3.63) is 71.8 Å². The van der Waals surface area contributed by atoms with E-state index >= 15 is 0 Å². The Kier molecular flexibility index (Phi) is 4.06. The minimum absolute atomic E-state index is 0.0724. The standard InChI is InChI=1S/C23H18N2O5/c26-20(24-16-3-1-2-15(11-16)23(29)30)12-6-8-17(9-7-12)25-21(27)18-13-4-5-14(10-13)19(18)22(25)28/h1-9,11,13-14,18-19H,10H2,(H,24,26)(H,29,30)/t13-,14-,18+,19+/m0/s1. The number of fused-ring (bicyclic) bond motifs is 5. The summed E-state index contributed by atoms with van der Waals surface area (Å²) in [5.74, 6) is -2.06. The maximum Gasteiger partial charge on any atom is 0.335 e. The van der Waals surface area contributed by atoms with Crippen LogP contribution >= 0.6 is 0 Å². The Morgan fingerprint density at radius 3 is 2.13 bits per heavy atom. The molecular weight excluding hydrogens is 384 g/mol. The first-order chi connectivity index (χ1) is 14.4. The summed E-state index contributed by atoms with van der Waals surface area (Å²) < 4.78 is 0. The number of carbonyl (C=O) groups is 4. The van der Waals surface area contributed by atoms with E-state index in [0.29, 0.717) is 16.9 Å². The number of benzene rings is 2. The lowest BCUT2D eigenvalue weighted by Gasteiger charge is -2.17. The molecular formula is C23H18N2O5. The van der Waals surface area contributed by atoms with Crippen LogP contribution in [0, 0.1) is 23.7 Å². The summed E-state index contributed by atoms with van der Waals surface area (Å²) in [6.45, 7) is 0. The zero-order valence-corrected chi connectivity index (χ0v) is 15.8. The summed E-state index contributed by atoms with van der Waals surface area (Å²) in [5.41, 5.74) is 1.23. The molecule has 1 heterocycles.